The highest BCUT2D eigenvalue weighted by Gasteiger charge is 2.33. The fraction of sp³-hybridized carbons (Fsp3) is 0.292. The number of thiophene rings is 1. The first-order chi connectivity index (χ1) is 15.5. The van der Waals surface area contributed by atoms with Crippen molar-refractivity contribution in [1.29, 1.82) is 0 Å². The summed E-state index contributed by atoms with van der Waals surface area (Å²) in [5, 5.41) is 5.27. The number of fused-ring (bicyclic) bond motifs is 1. The third kappa shape index (κ3) is 3.76. The van der Waals surface area contributed by atoms with Crippen molar-refractivity contribution in [2.45, 2.75) is 12.5 Å². The van der Waals surface area contributed by atoms with Crippen LogP contribution in [0.3, 0.4) is 0 Å². The first kappa shape index (κ1) is 20.7. The van der Waals surface area contributed by atoms with Gasteiger partial charge in [-0.15, -0.1) is 11.3 Å². The van der Waals surface area contributed by atoms with E-state index in [9.17, 15) is 9.59 Å². The molecule has 0 radical (unpaired) electrons. The van der Waals surface area contributed by atoms with Gasteiger partial charge in [-0.1, -0.05) is 18.2 Å². The maximum atomic E-state index is 12.9. The number of rotatable bonds is 5. The third-order valence-corrected chi connectivity index (χ3v) is 7.35. The van der Waals surface area contributed by atoms with Gasteiger partial charge in [-0.05, 0) is 61.1 Å². The minimum atomic E-state index is -0.167. The van der Waals surface area contributed by atoms with Crippen molar-refractivity contribution in [3.05, 3.63) is 75.0 Å². The van der Waals surface area contributed by atoms with E-state index in [1.807, 2.05) is 36.5 Å². The summed E-state index contributed by atoms with van der Waals surface area (Å²) in [4.78, 5) is 34.5. The monoisotopic (exact) mass is 448 g/mol. The Balaban J connectivity index is 1.33. The Morgan fingerprint density at radius 2 is 2.09 bits per heavy atom. The zero-order valence-electron chi connectivity index (χ0n) is 18.1. The van der Waals surface area contributed by atoms with Crippen LogP contribution < -0.4 is 16.0 Å². The smallest absolute Gasteiger partial charge is 0.352 e. The number of H-pyrrole nitrogens is 2. The van der Waals surface area contributed by atoms with E-state index in [1.54, 1.807) is 23.0 Å². The summed E-state index contributed by atoms with van der Waals surface area (Å²) in [6.45, 7) is 1.69. The fourth-order valence-electron chi connectivity index (χ4n) is 4.63. The first-order valence-corrected chi connectivity index (χ1v) is 11.6. The molecule has 0 spiro atoms. The number of hydrogen-bond donors (Lipinski definition) is 2. The number of aryl methyl sites for hydroxylation is 1. The first-order valence-electron chi connectivity index (χ1n) is 10.7. The SMILES string of the molecule is CN1CC[C@@H](CNC(=O)c2cccc(-c3c[nH+]c4[nH]c(=O)n(C)c4c3)c2)[C@@H]1c1cccs1. The highest BCUT2D eigenvalue weighted by molar-refractivity contribution is 7.10. The molecule has 164 valence electrons. The number of aromatic amines is 2. The number of carbonyl (C=O) groups is 1. The summed E-state index contributed by atoms with van der Waals surface area (Å²) in [5.74, 6) is 0.336. The lowest BCUT2D eigenvalue weighted by atomic mass is 9.98. The van der Waals surface area contributed by atoms with Gasteiger partial charge in [-0.3, -0.25) is 14.3 Å². The molecule has 0 aliphatic carbocycles. The van der Waals surface area contributed by atoms with Crippen LogP contribution >= 0.6 is 11.3 Å². The van der Waals surface area contributed by atoms with Crippen molar-refractivity contribution >= 4 is 28.4 Å². The standard InChI is InChI=1S/C24H25N5O2S/c1-28-9-8-17(21(28)20-7-4-10-32-20)13-26-23(30)16-6-3-5-15(11-16)18-12-19-22(25-14-18)27-24(31)29(19)2/h3-7,10-12,14,17,21H,8-9,13H2,1-2H3,(H,26,30)(H,25,27,31)/p+1/t17-,21+/m0/s1. The van der Waals surface area contributed by atoms with Crippen LogP contribution in [0.4, 0.5) is 0 Å². The molecule has 3 N–H and O–H groups in total. The molecule has 7 nitrogen and oxygen atoms in total. The number of likely N-dealkylation sites (tertiary alicyclic amines) is 1. The van der Waals surface area contributed by atoms with Crippen molar-refractivity contribution < 1.29 is 9.78 Å². The summed E-state index contributed by atoms with van der Waals surface area (Å²) in [6.07, 6.45) is 2.92. The zero-order chi connectivity index (χ0) is 22.2. The molecule has 1 aliphatic heterocycles. The Labute approximate surface area is 189 Å². The van der Waals surface area contributed by atoms with Crippen LogP contribution in [0.25, 0.3) is 22.3 Å². The van der Waals surface area contributed by atoms with Crippen molar-refractivity contribution in [3.8, 4) is 11.1 Å². The molecule has 5 rings (SSSR count). The summed E-state index contributed by atoms with van der Waals surface area (Å²) >= 11 is 1.78. The van der Waals surface area contributed by atoms with Crippen LogP contribution in [0.2, 0.25) is 0 Å². The maximum absolute atomic E-state index is 12.9. The van der Waals surface area contributed by atoms with E-state index >= 15 is 0 Å². The van der Waals surface area contributed by atoms with Gasteiger partial charge in [-0.25, -0.2) is 9.78 Å². The second kappa shape index (κ2) is 8.37. The molecule has 4 heterocycles. The van der Waals surface area contributed by atoms with E-state index in [-0.39, 0.29) is 11.6 Å². The molecular weight excluding hydrogens is 422 g/mol. The topological polar surface area (TPSA) is 84.3 Å². The summed E-state index contributed by atoms with van der Waals surface area (Å²) < 4.78 is 1.56. The normalized spacial score (nSPS) is 18.9. The van der Waals surface area contributed by atoms with Gasteiger partial charge >= 0.3 is 11.3 Å². The Hall–Kier alpha value is -3.23. The van der Waals surface area contributed by atoms with Crippen LogP contribution in [0, 0.1) is 5.92 Å². The second-order valence-corrected chi connectivity index (χ2v) is 9.40. The molecule has 3 aromatic heterocycles. The van der Waals surface area contributed by atoms with Gasteiger partial charge < -0.3 is 5.32 Å². The van der Waals surface area contributed by atoms with E-state index in [0.29, 0.717) is 29.7 Å². The van der Waals surface area contributed by atoms with Crippen molar-refractivity contribution in [3.63, 3.8) is 0 Å². The molecule has 0 saturated carbocycles. The molecule has 1 aromatic carbocycles. The molecule has 1 amide bonds. The lowest BCUT2D eigenvalue weighted by molar-refractivity contribution is -0.346. The Morgan fingerprint density at radius 3 is 2.91 bits per heavy atom. The van der Waals surface area contributed by atoms with Crippen molar-refractivity contribution in [1.82, 2.24) is 19.8 Å². The predicted molar refractivity (Wildman–Crippen MR) is 126 cm³/mol. The van der Waals surface area contributed by atoms with Gasteiger partial charge in [0.25, 0.3) is 5.91 Å². The largest absolute Gasteiger partial charge is 0.413 e. The number of amides is 1. The van der Waals surface area contributed by atoms with Gasteiger partial charge in [0.15, 0.2) is 0 Å². The molecule has 1 saturated heterocycles. The number of imidazole rings is 1. The molecule has 4 aromatic rings. The Bertz CT molecular complexity index is 1320. The Morgan fingerprint density at radius 1 is 1.22 bits per heavy atom. The van der Waals surface area contributed by atoms with E-state index < -0.39 is 0 Å². The number of benzene rings is 1. The molecule has 8 heteroatoms. The summed E-state index contributed by atoms with van der Waals surface area (Å²) in [7, 11) is 3.89. The van der Waals surface area contributed by atoms with Gasteiger partial charge in [-0.2, -0.15) is 4.98 Å². The van der Waals surface area contributed by atoms with Crippen molar-refractivity contribution in [2.75, 3.05) is 20.1 Å². The lowest BCUT2D eigenvalue weighted by Gasteiger charge is -2.24. The van der Waals surface area contributed by atoms with Crippen LogP contribution in [0.1, 0.15) is 27.7 Å². The minimum absolute atomic E-state index is 0.0644. The molecule has 0 bridgehead atoms. The average molecular weight is 449 g/mol. The highest BCUT2D eigenvalue weighted by atomic mass is 32.1. The quantitative estimate of drug-likeness (QED) is 0.492. The van der Waals surface area contributed by atoms with Gasteiger partial charge in [0.1, 0.15) is 5.52 Å². The summed E-state index contributed by atoms with van der Waals surface area (Å²) in [5.41, 5.74) is 3.76. The second-order valence-electron chi connectivity index (χ2n) is 8.42. The number of carbonyl (C=O) groups excluding carboxylic acids is 1. The number of nitrogens with one attached hydrogen (secondary N) is 3. The molecule has 32 heavy (non-hydrogen) atoms. The average Bonchev–Trinajstić information content (AvgIpc) is 3.52. The molecule has 1 aliphatic rings. The molecule has 2 atom stereocenters. The number of aromatic nitrogens is 3. The lowest BCUT2D eigenvalue weighted by Crippen LogP contribution is -2.32. The Kier molecular flexibility index (Phi) is 5.40. The molecular formula is C24H26N5O2S+. The van der Waals surface area contributed by atoms with Crippen molar-refractivity contribution in [2.24, 2.45) is 13.0 Å². The predicted octanol–water partition coefficient (Wildman–Crippen LogP) is 2.83. The minimum Gasteiger partial charge on any atom is -0.352 e. The maximum Gasteiger partial charge on any atom is 0.413 e. The van der Waals surface area contributed by atoms with Crippen LogP contribution in [-0.2, 0) is 7.05 Å². The fourth-order valence-corrected chi connectivity index (χ4v) is 5.61. The molecule has 1 fully saturated rings. The van der Waals surface area contributed by atoms with Gasteiger partial charge in [0, 0.05) is 35.6 Å². The number of pyridine rings is 1. The van der Waals surface area contributed by atoms with Crippen LogP contribution in [-0.4, -0.2) is 40.5 Å². The highest BCUT2D eigenvalue weighted by Crippen LogP contribution is 2.37. The zero-order valence-corrected chi connectivity index (χ0v) is 18.9. The van der Waals surface area contributed by atoms with Gasteiger partial charge in [0.2, 0.25) is 0 Å². The van der Waals surface area contributed by atoms with Gasteiger partial charge in [0.05, 0.1) is 6.20 Å². The molecule has 0 unspecified atom stereocenters. The van der Waals surface area contributed by atoms with E-state index in [0.717, 1.165) is 29.6 Å². The third-order valence-electron chi connectivity index (χ3n) is 6.41. The summed E-state index contributed by atoms with van der Waals surface area (Å²) in [6, 6.07) is 14.2. The van der Waals surface area contributed by atoms with E-state index in [4.69, 9.17) is 0 Å². The number of hydrogen-bond acceptors (Lipinski definition) is 4. The number of nitrogens with zero attached hydrogens (tertiary/aromatic N) is 2. The van der Waals surface area contributed by atoms with E-state index in [1.165, 1.54) is 4.88 Å². The van der Waals surface area contributed by atoms with E-state index in [2.05, 4.69) is 44.7 Å². The van der Waals surface area contributed by atoms with Crippen LogP contribution in [0.15, 0.2) is 58.8 Å². The van der Waals surface area contributed by atoms with Crippen LogP contribution in [0.5, 0.6) is 0 Å².